The number of primary sulfonamides is 1. The van der Waals surface area contributed by atoms with Crippen molar-refractivity contribution in [2.24, 2.45) is 5.14 Å². The normalized spacial score (nSPS) is 19.9. The van der Waals surface area contributed by atoms with Crippen molar-refractivity contribution < 1.29 is 13.2 Å². The van der Waals surface area contributed by atoms with Crippen molar-refractivity contribution in [3.8, 4) is 0 Å². The van der Waals surface area contributed by atoms with Crippen LogP contribution in [0, 0.1) is 0 Å². The van der Waals surface area contributed by atoms with Crippen molar-refractivity contribution in [2.75, 3.05) is 6.54 Å². The molecular formula is C13H17BrN2O3S. The number of hydrogen-bond acceptors (Lipinski definition) is 3. The number of piperidine rings is 1. The SMILES string of the molecule is C[C@@H]1CCCCN1C(=O)c1cc(S(N)(=O)=O)ccc1Br. The monoisotopic (exact) mass is 360 g/mol. The van der Waals surface area contributed by atoms with E-state index in [2.05, 4.69) is 15.9 Å². The van der Waals surface area contributed by atoms with Crippen LogP contribution in [0.15, 0.2) is 27.6 Å². The largest absolute Gasteiger partial charge is 0.336 e. The van der Waals surface area contributed by atoms with Crippen molar-refractivity contribution in [3.63, 3.8) is 0 Å². The molecule has 2 rings (SSSR count). The molecule has 0 saturated carbocycles. The Morgan fingerprint density at radius 1 is 1.40 bits per heavy atom. The van der Waals surface area contributed by atoms with E-state index in [1.54, 1.807) is 11.0 Å². The molecule has 1 aliphatic heterocycles. The van der Waals surface area contributed by atoms with E-state index < -0.39 is 10.0 Å². The zero-order chi connectivity index (χ0) is 14.9. The van der Waals surface area contributed by atoms with Crippen LogP contribution in [0.25, 0.3) is 0 Å². The Morgan fingerprint density at radius 2 is 2.10 bits per heavy atom. The molecule has 1 atom stereocenters. The van der Waals surface area contributed by atoms with Gasteiger partial charge >= 0.3 is 0 Å². The van der Waals surface area contributed by atoms with Gasteiger partial charge in [0.1, 0.15) is 0 Å². The first-order valence-electron chi connectivity index (χ1n) is 6.44. The van der Waals surface area contributed by atoms with Crippen LogP contribution in [0.3, 0.4) is 0 Å². The molecule has 1 aromatic carbocycles. The minimum Gasteiger partial charge on any atom is -0.336 e. The molecule has 1 aromatic rings. The van der Waals surface area contributed by atoms with Gasteiger partial charge in [-0.05, 0) is 60.3 Å². The Bertz CT molecular complexity index is 631. The van der Waals surface area contributed by atoms with Crippen molar-refractivity contribution in [1.29, 1.82) is 0 Å². The van der Waals surface area contributed by atoms with Gasteiger partial charge < -0.3 is 4.90 Å². The number of likely N-dealkylation sites (tertiary alicyclic amines) is 1. The summed E-state index contributed by atoms with van der Waals surface area (Å²) in [5, 5.41) is 5.11. The average Bonchev–Trinajstić information content (AvgIpc) is 2.37. The van der Waals surface area contributed by atoms with Crippen LogP contribution >= 0.6 is 15.9 Å². The van der Waals surface area contributed by atoms with Crippen LogP contribution in [-0.4, -0.2) is 31.8 Å². The number of sulfonamides is 1. The fraction of sp³-hybridized carbons (Fsp3) is 0.462. The lowest BCUT2D eigenvalue weighted by molar-refractivity contribution is 0.0634. The molecule has 1 aliphatic rings. The van der Waals surface area contributed by atoms with E-state index in [0.717, 1.165) is 19.3 Å². The van der Waals surface area contributed by atoms with Crippen LogP contribution in [0.1, 0.15) is 36.5 Å². The molecule has 20 heavy (non-hydrogen) atoms. The van der Waals surface area contributed by atoms with Gasteiger partial charge in [0.2, 0.25) is 10.0 Å². The number of nitrogens with zero attached hydrogens (tertiary/aromatic N) is 1. The fourth-order valence-electron chi connectivity index (χ4n) is 2.40. The lowest BCUT2D eigenvalue weighted by atomic mass is 10.0. The Morgan fingerprint density at radius 3 is 2.70 bits per heavy atom. The number of hydrogen-bond donors (Lipinski definition) is 1. The van der Waals surface area contributed by atoms with Gasteiger partial charge in [0.15, 0.2) is 0 Å². The van der Waals surface area contributed by atoms with Crippen LogP contribution in [-0.2, 0) is 10.0 Å². The van der Waals surface area contributed by atoms with E-state index in [1.165, 1.54) is 12.1 Å². The van der Waals surface area contributed by atoms with E-state index in [0.29, 0.717) is 16.6 Å². The molecule has 1 saturated heterocycles. The van der Waals surface area contributed by atoms with Gasteiger partial charge in [-0.1, -0.05) is 0 Å². The molecule has 0 radical (unpaired) electrons. The molecule has 7 heteroatoms. The first-order chi connectivity index (χ1) is 9.30. The molecule has 5 nitrogen and oxygen atoms in total. The molecule has 1 heterocycles. The maximum atomic E-state index is 12.6. The van der Waals surface area contributed by atoms with E-state index in [1.807, 2.05) is 6.92 Å². The van der Waals surface area contributed by atoms with E-state index in [-0.39, 0.29) is 16.8 Å². The topological polar surface area (TPSA) is 80.5 Å². The summed E-state index contributed by atoms with van der Waals surface area (Å²) in [6.07, 6.45) is 3.06. The average molecular weight is 361 g/mol. The van der Waals surface area contributed by atoms with Crippen molar-refractivity contribution in [3.05, 3.63) is 28.2 Å². The Kier molecular flexibility index (Phi) is 4.51. The van der Waals surface area contributed by atoms with Crippen LogP contribution in [0.5, 0.6) is 0 Å². The minimum absolute atomic E-state index is 0.0475. The molecule has 0 spiro atoms. The van der Waals surface area contributed by atoms with Crippen LogP contribution < -0.4 is 5.14 Å². The lowest BCUT2D eigenvalue weighted by Gasteiger charge is -2.33. The second kappa shape index (κ2) is 5.83. The Hall–Kier alpha value is -0.920. The molecule has 0 bridgehead atoms. The summed E-state index contributed by atoms with van der Waals surface area (Å²) in [5.74, 6) is -0.158. The highest BCUT2D eigenvalue weighted by molar-refractivity contribution is 9.10. The maximum absolute atomic E-state index is 12.6. The number of carbonyl (C=O) groups is 1. The van der Waals surface area contributed by atoms with Gasteiger partial charge in [0.25, 0.3) is 5.91 Å². The molecule has 0 aliphatic carbocycles. The Labute approximate surface area is 127 Å². The molecule has 0 aromatic heterocycles. The molecular weight excluding hydrogens is 344 g/mol. The summed E-state index contributed by atoms with van der Waals surface area (Å²) in [5.41, 5.74) is 0.338. The smallest absolute Gasteiger partial charge is 0.255 e. The highest BCUT2D eigenvalue weighted by atomic mass is 79.9. The molecule has 1 amide bonds. The standard InChI is InChI=1S/C13H17BrN2O3S/c1-9-4-2-3-7-16(9)13(17)11-8-10(20(15,18)19)5-6-12(11)14/h5-6,8-9H,2-4,7H2,1H3,(H2,15,18,19)/t9-/m1/s1. The van der Waals surface area contributed by atoms with Gasteiger partial charge in [-0.15, -0.1) is 0 Å². The molecule has 110 valence electrons. The molecule has 2 N–H and O–H groups in total. The summed E-state index contributed by atoms with van der Waals surface area (Å²) in [7, 11) is -3.81. The summed E-state index contributed by atoms with van der Waals surface area (Å²) in [6.45, 7) is 2.71. The third-order valence-corrected chi connectivity index (χ3v) is 5.16. The number of amides is 1. The van der Waals surface area contributed by atoms with Crippen LogP contribution in [0.4, 0.5) is 0 Å². The molecule has 1 fully saturated rings. The second-order valence-electron chi connectivity index (χ2n) is 5.03. The van der Waals surface area contributed by atoms with Crippen molar-refractivity contribution in [2.45, 2.75) is 37.1 Å². The summed E-state index contributed by atoms with van der Waals surface area (Å²) < 4.78 is 23.4. The van der Waals surface area contributed by atoms with Gasteiger partial charge in [-0.25, -0.2) is 13.6 Å². The van der Waals surface area contributed by atoms with E-state index >= 15 is 0 Å². The minimum atomic E-state index is -3.81. The number of benzene rings is 1. The van der Waals surface area contributed by atoms with Crippen LogP contribution in [0.2, 0.25) is 0 Å². The summed E-state index contributed by atoms with van der Waals surface area (Å²) >= 11 is 3.30. The number of rotatable bonds is 2. The third kappa shape index (κ3) is 3.21. The van der Waals surface area contributed by atoms with Gasteiger partial charge in [-0.3, -0.25) is 4.79 Å². The molecule has 0 unspecified atom stereocenters. The lowest BCUT2D eigenvalue weighted by Crippen LogP contribution is -2.42. The predicted octanol–water partition coefficient (Wildman–Crippen LogP) is 2.11. The number of halogens is 1. The highest BCUT2D eigenvalue weighted by Crippen LogP contribution is 2.25. The zero-order valence-electron chi connectivity index (χ0n) is 11.2. The number of nitrogens with two attached hydrogens (primary N) is 1. The maximum Gasteiger partial charge on any atom is 0.255 e. The fourth-order valence-corrected chi connectivity index (χ4v) is 3.36. The van der Waals surface area contributed by atoms with Crippen molar-refractivity contribution >= 4 is 31.9 Å². The summed E-state index contributed by atoms with van der Waals surface area (Å²) in [6, 6.07) is 4.43. The first-order valence-corrected chi connectivity index (χ1v) is 8.78. The zero-order valence-corrected chi connectivity index (χ0v) is 13.6. The second-order valence-corrected chi connectivity index (χ2v) is 7.45. The predicted molar refractivity (Wildman–Crippen MR) is 79.9 cm³/mol. The van der Waals surface area contributed by atoms with E-state index in [9.17, 15) is 13.2 Å². The Balaban J connectivity index is 2.38. The highest BCUT2D eigenvalue weighted by Gasteiger charge is 2.26. The van der Waals surface area contributed by atoms with Gasteiger partial charge in [0.05, 0.1) is 10.5 Å². The van der Waals surface area contributed by atoms with E-state index in [4.69, 9.17) is 5.14 Å². The quantitative estimate of drug-likeness (QED) is 0.876. The third-order valence-electron chi connectivity index (χ3n) is 3.56. The summed E-state index contributed by atoms with van der Waals surface area (Å²) in [4.78, 5) is 14.3. The van der Waals surface area contributed by atoms with Crippen molar-refractivity contribution in [1.82, 2.24) is 4.90 Å². The van der Waals surface area contributed by atoms with Gasteiger partial charge in [0, 0.05) is 17.1 Å². The number of carbonyl (C=O) groups excluding carboxylic acids is 1. The van der Waals surface area contributed by atoms with Gasteiger partial charge in [-0.2, -0.15) is 0 Å². The first kappa shape index (κ1) is 15.5.